The Labute approximate surface area is 118 Å². The van der Waals surface area contributed by atoms with Gasteiger partial charge in [0.15, 0.2) is 5.69 Å². The van der Waals surface area contributed by atoms with E-state index in [4.69, 9.17) is 10.00 Å². The minimum absolute atomic E-state index is 0.0273. The van der Waals surface area contributed by atoms with E-state index in [-0.39, 0.29) is 28.2 Å². The molecule has 2 atom stereocenters. The molecule has 20 heavy (non-hydrogen) atoms. The van der Waals surface area contributed by atoms with E-state index in [1.807, 2.05) is 13.8 Å². The Morgan fingerprint density at radius 3 is 2.80 bits per heavy atom. The fourth-order valence-corrected chi connectivity index (χ4v) is 3.94. The predicted molar refractivity (Wildman–Crippen MR) is 72.3 cm³/mol. The molecule has 0 amide bonds. The van der Waals surface area contributed by atoms with Crippen molar-refractivity contribution < 1.29 is 13.2 Å². The lowest BCUT2D eigenvalue weighted by Crippen LogP contribution is -2.61. The highest BCUT2D eigenvalue weighted by Gasteiger charge is 2.50. The normalized spacial score (nSPS) is 24.7. The summed E-state index contributed by atoms with van der Waals surface area (Å²) in [5.41, 5.74) is -0.378. The summed E-state index contributed by atoms with van der Waals surface area (Å²) in [7, 11) is -2.14. The first-order valence-electron chi connectivity index (χ1n) is 6.23. The van der Waals surface area contributed by atoms with Crippen LogP contribution in [-0.2, 0) is 14.8 Å². The van der Waals surface area contributed by atoms with Crippen molar-refractivity contribution in [2.45, 2.75) is 37.3 Å². The van der Waals surface area contributed by atoms with Crippen molar-refractivity contribution >= 4 is 10.0 Å². The van der Waals surface area contributed by atoms with E-state index < -0.39 is 10.0 Å². The van der Waals surface area contributed by atoms with Gasteiger partial charge in [-0.25, -0.2) is 18.1 Å². The van der Waals surface area contributed by atoms with Crippen LogP contribution in [0.5, 0.6) is 0 Å². The summed E-state index contributed by atoms with van der Waals surface area (Å²) >= 11 is 0. The smallest absolute Gasteiger partial charge is 0.243 e. The summed E-state index contributed by atoms with van der Waals surface area (Å²) in [4.78, 5) is 3.69. The molecule has 1 aliphatic carbocycles. The van der Waals surface area contributed by atoms with Gasteiger partial charge in [-0.05, 0) is 18.6 Å². The Bertz CT molecular complexity index is 649. The van der Waals surface area contributed by atoms with Gasteiger partial charge in [0.1, 0.15) is 11.0 Å². The molecule has 0 radical (unpaired) electrons. The zero-order chi connectivity index (χ0) is 15.0. The Hall–Kier alpha value is -1.49. The van der Waals surface area contributed by atoms with Crippen molar-refractivity contribution in [3.8, 4) is 6.07 Å². The fraction of sp³-hybridized carbons (Fsp3) is 0.538. The molecule has 1 heterocycles. The molecule has 2 unspecified atom stereocenters. The molecule has 1 N–H and O–H groups in total. The average Bonchev–Trinajstić information content (AvgIpc) is 2.43. The maximum Gasteiger partial charge on any atom is 0.243 e. The number of nitriles is 1. The molecular formula is C13H17N3O3S. The second-order valence-electron chi connectivity index (χ2n) is 5.42. The van der Waals surface area contributed by atoms with Crippen LogP contribution in [0.4, 0.5) is 0 Å². The highest BCUT2D eigenvalue weighted by atomic mass is 32.2. The van der Waals surface area contributed by atoms with Crippen LogP contribution in [-0.4, -0.2) is 32.7 Å². The number of sulfonamides is 1. The monoisotopic (exact) mass is 295 g/mol. The molecule has 1 saturated carbocycles. The lowest BCUT2D eigenvalue weighted by molar-refractivity contribution is -0.0908. The zero-order valence-corrected chi connectivity index (χ0v) is 12.4. The Kier molecular flexibility index (Phi) is 3.82. The van der Waals surface area contributed by atoms with Crippen LogP contribution < -0.4 is 4.72 Å². The van der Waals surface area contributed by atoms with Crippen LogP contribution in [0.2, 0.25) is 0 Å². The summed E-state index contributed by atoms with van der Waals surface area (Å²) in [6.07, 6.45) is 2.04. The first-order chi connectivity index (χ1) is 9.32. The quantitative estimate of drug-likeness (QED) is 0.896. The first-order valence-corrected chi connectivity index (χ1v) is 7.71. The number of nitrogens with one attached hydrogen (secondary N) is 1. The average molecular weight is 295 g/mol. The molecule has 1 aliphatic rings. The van der Waals surface area contributed by atoms with Gasteiger partial charge < -0.3 is 4.74 Å². The fourth-order valence-electron chi connectivity index (χ4n) is 2.43. The van der Waals surface area contributed by atoms with Gasteiger partial charge >= 0.3 is 0 Å². The largest absolute Gasteiger partial charge is 0.381 e. The lowest BCUT2D eigenvalue weighted by atomic mass is 9.65. The van der Waals surface area contributed by atoms with Crippen LogP contribution >= 0.6 is 0 Å². The third kappa shape index (κ3) is 2.42. The van der Waals surface area contributed by atoms with Gasteiger partial charge in [0.2, 0.25) is 10.0 Å². The number of hydrogen-bond donors (Lipinski definition) is 1. The summed E-state index contributed by atoms with van der Waals surface area (Å²) < 4.78 is 32.6. The minimum Gasteiger partial charge on any atom is -0.381 e. The number of nitrogens with zero attached hydrogens (tertiary/aromatic N) is 2. The summed E-state index contributed by atoms with van der Waals surface area (Å²) in [5, 5.41) is 8.95. The molecule has 1 fully saturated rings. The standard InChI is InChI=1S/C13H17N3O3S/c1-13(2)11(7-12(13)19-3)16-20(17,18)10-5-4-6-15-9(10)8-14/h4-6,11-12,16H,7H2,1-3H3. The highest BCUT2D eigenvalue weighted by molar-refractivity contribution is 7.89. The second-order valence-corrected chi connectivity index (χ2v) is 7.10. The molecule has 0 bridgehead atoms. The number of ether oxygens (including phenoxy) is 1. The van der Waals surface area contributed by atoms with E-state index in [1.54, 1.807) is 13.2 Å². The lowest BCUT2D eigenvalue weighted by Gasteiger charge is -2.50. The van der Waals surface area contributed by atoms with E-state index >= 15 is 0 Å². The number of rotatable bonds is 4. The molecular weight excluding hydrogens is 278 g/mol. The van der Waals surface area contributed by atoms with Crippen LogP contribution in [0.1, 0.15) is 26.0 Å². The molecule has 1 aromatic rings. The number of pyridine rings is 1. The van der Waals surface area contributed by atoms with E-state index in [1.165, 1.54) is 18.3 Å². The van der Waals surface area contributed by atoms with Gasteiger partial charge in [-0.1, -0.05) is 13.8 Å². The van der Waals surface area contributed by atoms with E-state index in [2.05, 4.69) is 9.71 Å². The van der Waals surface area contributed by atoms with Gasteiger partial charge in [-0.2, -0.15) is 5.26 Å². The second kappa shape index (κ2) is 5.13. The number of hydrogen-bond acceptors (Lipinski definition) is 5. The Morgan fingerprint density at radius 1 is 1.55 bits per heavy atom. The summed E-state index contributed by atoms with van der Waals surface area (Å²) in [6, 6.07) is 4.46. The van der Waals surface area contributed by atoms with Gasteiger partial charge in [-0.15, -0.1) is 0 Å². The van der Waals surface area contributed by atoms with Crippen molar-refractivity contribution in [2.75, 3.05) is 7.11 Å². The van der Waals surface area contributed by atoms with Crippen molar-refractivity contribution in [1.82, 2.24) is 9.71 Å². The molecule has 108 valence electrons. The maximum absolute atomic E-state index is 12.4. The molecule has 7 heteroatoms. The number of methoxy groups -OCH3 is 1. The van der Waals surface area contributed by atoms with Crippen LogP contribution in [0.3, 0.4) is 0 Å². The van der Waals surface area contributed by atoms with E-state index in [9.17, 15) is 8.42 Å². The molecule has 0 saturated heterocycles. The van der Waals surface area contributed by atoms with E-state index in [0.29, 0.717) is 6.42 Å². The topological polar surface area (TPSA) is 92.1 Å². The SMILES string of the molecule is COC1CC(NS(=O)(=O)c2cccnc2C#N)C1(C)C. The first kappa shape index (κ1) is 14.9. The Morgan fingerprint density at radius 2 is 2.25 bits per heavy atom. The molecule has 0 spiro atoms. The number of aromatic nitrogens is 1. The van der Waals surface area contributed by atoms with Crippen LogP contribution in [0, 0.1) is 16.7 Å². The maximum atomic E-state index is 12.4. The van der Waals surface area contributed by atoms with Gasteiger partial charge in [0, 0.05) is 24.8 Å². The summed E-state index contributed by atoms with van der Waals surface area (Å²) in [5.74, 6) is 0. The third-order valence-electron chi connectivity index (χ3n) is 3.93. The van der Waals surface area contributed by atoms with Crippen molar-refractivity contribution in [1.29, 1.82) is 5.26 Å². The molecule has 2 rings (SSSR count). The summed E-state index contributed by atoms with van der Waals surface area (Å²) in [6.45, 7) is 3.90. The van der Waals surface area contributed by atoms with Crippen molar-refractivity contribution in [3.63, 3.8) is 0 Å². The molecule has 0 aliphatic heterocycles. The zero-order valence-electron chi connectivity index (χ0n) is 11.6. The third-order valence-corrected chi connectivity index (χ3v) is 5.43. The minimum atomic E-state index is -3.76. The van der Waals surface area contributed by atoms with Crippen LogP contribution in [0.25, 0.3) is 0 Å². The van der Waals surface area contributed by atoms with E-state index in [0.717, 1.165) is 0 Å². The molecule has 1 aromatic heterocycles. The Balaban J connectivity index is 2.24. The van der Waals surface area contributed by atoms with Gasteiger partial charge in [-0.3, -0.25) is 0 Å². The van der Waals surface area contributed by atoms with Gasteiger partial charge in [0.05, 0.1) is 6.10 Å². The van der Waals surface area contributed by atoms with Crippen molar-refractivity contribution in [3.05, 3.63) is 24.0 Å². The van der Waals surface area contributed by atoms with Crippen LogP contribution in [0.15, 0.2) is 23.2 Å². The highest BCUT2D eigenvalue weighted by Crippen LogP contribution is 2.43. The van der Waals surface area contributed by atoms with Crippen molar-refractivity contribution in [2.24, 2.45) is 5.41 Å². The molecule has 6 nitrogen and oxygen atoms in total. The molecule has 0 aromatic carbocycles. The van der Waals surface area contributed by atoms with Gasteiger partial charge in [0.25, 0.3) is 0 Å². The predicted octanol–water partition coefficient (Wildman–Crippen LogP) is 1.05.